The summed E-state index contributed by atoms with van der Waals surface area (Å²) in [6, 6.07) is 0.196. The van der Waals surface area contributed by atoms with Gasteiger partial charge in [-0.25, -0.2) is 8.42 Å². The predicted molar refractivity (Wildman–Crippen MR) is 54.0 cm³/mol. The van der Waals surface area contributed by atoms with Gasteiger partial charge < -0.3 is 0 Å². The highest BCUT2D eigenvalue weighted by Gasteiger charge is 2.30. The van der Waals surface area contributed by atoms with E-state index < -0.39 is 10.0 Å². The quantitative estimate of drug-likeness (QED) is 0.684. The van der Waals surface area contributed by atoms with Crippen LogP contribution in [0.2, 0.25) is 0 Å². The summed E-state index contributed by atoms with van der Waals surface area (Å²) >= 11 is 0. The smallest absolute Gasteiger partial charge is 0.212 e. The zero-order chi connectivity index (χ0) is 10.1. The third-order valence-corrected chi connectivity index (χ3v) is 4.74. The maximum atomic E-state index is 11.6. The van der Waals surface area contributed by atoms with Crippen LogP contribution >= 0.6 is 0 Å². The molecule has 1 fully saturated rings. The van der Waals surface area contributed by atoms with Crippen LogP contribution in [0.1, 0.15) is 33.6 Å². The van der Waals surface area contributed by atoms with Crippen molar-refractivity contribution in [2.45, 2.75) is 39.7 Å². The summed E-state index contributed by atoms with van der Waals surface area (Å²) in [5.41, 5.74) is 0. The molecule has 0 N–H and O–H groups in total. The normalized spacial score (nSPS) is 31.9. The van der Waals surface area contributed by atoms with E-state index in [1.165, 1.54) is 0 Å². The highest BCUT2D eigenvalue weighted by molar-refractivity contribution is 7.89. The Labute approximate surface area is 81.2 Å². The van der Waals surface area contributed by atoms with Gasteiger partial charge in [-0.15, -0.1) is 0 Å². The van der Waals surface area contributed by atoms with Gasteiger partial charge in [-0.1, -0.05) is 6.92 Å². The highest BCUT2D eigenvalue weighted by atomic mass is 32.2. The predicted octanol–water partition coefficient (Wildman–Crippen LogP) is 1.46. The van der Waals surface area contributed by atoms with Gasteiger partial charge in [0.25, 0.3) is 0 Å². The summed E-state index contributed by atoms with van der Waals surface area (Å²) in [6.45, 7) is 6.53. The van der Waals surface area contributed by atoms with Crippen molar-refractivity contribution in [2.75, 3.05) is 12.3 Å². The Bertz CT molecular complexity index is 261. The molecule has 3 nitrogen and oxygen atoms in total. The Morgan fingerprint density at radius 1 is 1.31 bits per heavy atom. The lowest BCUT2D eigenvalue weighted by Crippen LogP contribution is -2.45. The van der Waals surface area contributed by atoms with E-state index in [4.69, 9.17) is 0 Å². The Kier molecular flexibility index (Phi) is 3.35. The number of rotatable bonds is 2. The summed E-state index contributed by atoms with van der Waals surface area (Å²) in [5.74, 6) is 0.738. The molecule has 0 aliphatic carbocycles. The van der Waals surface area contributed by atoms with Crippen molar-refractivity contribution in [3.8, 4) is 0 Å². The fourth-order valence-corrected chi connectivity index (χ4v) is 3.27. The van der Waals surface area contributed by atoms with Crippen LogP contribution in [0.3, 0.4) is 0 Å². The SMILES string of the molecule is CCS(=O)(=O)N1CC(C)CCC1C. The monoisotopic (exact) mass is 205 g/mol. The van der Waals surface area contributed by atoms with Crippen LogP contribution in [0.15, 0.2) is 0 Å². The first-order valence-corrected chi connectivity index (χ1v) is 6.57. The molecular formula is C9H19NO2S. The molecule has 0 aromatic rings. The molecular weight excluding hydrogens is 186 g/mol. The first-order valence-electron chi connectivity index (χ1n) is 4.97. The Morgan fingerprint density at radius 3 is 2.46 bits per heavy atom. The number of sulfonamides is 1. The molecule has 0 saturated carbocycles. The van der Waals surface area contributed by atoms with Gasteiger partial charge in [-0.05, 0) is 32.6 Å². The van der Waals surface area contributed by atoms with E-state index in [9.17, 15) is 8.42 Å². The second-order valence-corrected chi connectivity index (χ2v) is 6.21. The highest BCUT2D eigenvalue weighted by Crippen LogP contribution is 2.23. The Morgan fingerprint density at radius 2 is 1.92 bits per heavy atom. The molecule has 0 spiro atoms. The molecule has 13 heavy (non-hydrogen) atoms. The van der Waals surface area contributed by atoms with Crippen molar-refractivity contribution in [2.24, 2.45) is 5.92 Å². The number of piperidine rings is 1. The number of hydrogen-bond donors (Lipinski definition) is 0. The minimum atomic E-state index is -2.97. The minimum Gasteiger partial charge on any atom is -0.212 e. The molecule has 0 aromatic heterocycles. The summed E-state index contributed by atoms with van der Waals surface area (Å²) in [7, 11) is -2.97. The van der Waals surface area contributed by atoms with E-state index in [2.05, 4.69) is 6.92 Å². The summed E-state index contributed by atoms with van der Waals surface area (Å²) in [6.07, 6.45) is 2.15. The number of nitrogens with zero attached hydrogens (tertiary/aromatic N) is 1. The lowest BCUT2D eigenvalue weighted by Gasteiger charge is -2.35. The van der Waals surface area contributed by atoms with Crippen LogP contribution in [0.5, 0.6) is 0 Å². The molecule has 0 amide bonds. The van der Waals surface area contributed by atoms with Crippen molar-refractivity contribution in [1.82, 2.24) is 4.31 Å². The maximum absolute atomic E-state index is 11.6. The van der Waals surface area contributed by atoms with Crippen LogP contribution in [0.4, 0.5) is 0 Å². The van der Waals surface area contributed by atoms with E-state index >= 15 is 0 Å². The molecule has 0 radical (unpaired) electrons. The second-order valence-electron chi connectivity index (χ2n) is 4.00. The average Bonchev–Trinajstić information content (AvgIpc) is 2.09. The zero-order valence-corrected chi connectivity index (χ0v) is 9.47. The first-order chi connectivity index (χ1) is 5.97. The molecule has 2 unspecified atom stereocenters. The van der Waals surface area contributed by atoms with Gasteiger partial charge in [0.15, 0.2) is 0 Å². The summed E-state index contributed by atoms with van der Waals surface area (Å²) < 4.78 is 24.9. The van der Waals surface area contributed by atoms with Gasteiger partial charge in [-0.3, -0.25) is 0 Å². The molecule has 1 aliphatic heterocycles. The number of hydrogen-bond acceptors (Lipinski definition) is 2. The summed E-state index contributed by atoms with van der Waals surface area (Å²) in [4.78, 5) is 0. The van der Waals surface area contributed by atoms with Crippen molar-refractivity contribution in [1.29, 1.82) is 0 Å². The molecule has 78 valence electrons. The van der Waals surface area contributed by atoms with E-state index in [-0.39, 0.29) is 11.8 Å². The van der Waals surface area contributed by atoms with Crippen LogP contribution in [0, 0.1) is 5.92 Å². The lowest BCUT2D eigenvalue weighted by molar-refractivity contribution is 0.218. The molecule has 1 aliphatic rings. The van der Waals surface area contributed by atoms with Gasteiger partial charge in [-0.2, -0.15) is 4.31 Å². The Hall–Kier alpha value is -0.0900. The topological polar surface area (TPSA) is 37.4 Å². The molecule has 0 aromatic carbocycles. The van der Waals surface area contributed by atoms with E-state index in [0.717, 1.165) is 12.8 Å². The van der Waals surface area contributed by atoms with Gasteiger partial charge in [0.1, 0.15) is 0 Å². The molecule has 4 heteroatoms. The summed E-state index contributed by atoms with van der Waals surface area (Å²) in [5, 5.41) is 0. The van der Waals surface area contributed by atoms with Crippen molar-refractivity contribution in [3.05, 3.63) is 0 Å². The van der Waals surface area contributed by atoms with Crippen LogP contribution in [-0.2, 0) is 10.0 Å². The minimum absolute atomic E-state index is 0.196. The fourth-order valence-electron chi connectivity index (χ4n) is 1.80. The standard InChI is InChI=1S/C9H19NO2S/c1-4-13(11,12)10-7-8(2)5-6-9(10)3/h8-9H,4-7H2,1-3H3. The largest absolute Gasteiger partial charge is 0.214 e. The van der Waals surface area contributed by atoms with Crippen LogP contribution in [0.25, 0.3) is 0 Å². The zero-order valence-electron chi connectivity index (χ0n) is 8.66. The van der Waals surface area contributed by atoms with E-state index in [1.807, 2.05) is 6.92 Å². The van der Waals surface area contributed by atoms with E-state index in [0.29, 0.717) is 12.5 Å². The average molecular weight is 205 g/mol. The lowest BCUT2D eigenvalue weighted by atomic mass is 9.97. The van der Waals surface area contributed by atoms with Crippen molar-refractivity contribution >= 4 is 10.0 Å². The third-order valence-electron chi connectivity index (χ3n) is 2.78. The van der Waals surface area contributed by atoms with E-state index in [1.54, 1.807) is 11.2 Å². The first kappa shape index (κ1) is 11.0. The van der Waals surface area contributed by atoms with Crippen molar-refractivity contribution in [3.63, 3.8) is 0 Å². The second kappa shape index (κ2) is 3.96. The fraction of sp³-hybridized carbons (Fsp3) is 1.00. The molecule has 1 saturated heterocycles. The van der Waals surface area contributed by atoms with Crippen molar-refractivity contribution < 1.29 is 8.42 Å². The van der Waals surface area contributed by atoms with Gasteiger partial charge in [0.2, 0.25) is 10.0 Å². The molecule has 2 atom stereocenters. The Balaban J connectivity index is 2.77. The maximum Gasteiger partial charge on any atom is 0.214 e. The molecule has 0 bridgehead atoms. The van der Waals surface area contributed by atoms with Crippen LogP contribution in [-0.4, -0.2) is 31.1 Å². The third kappa shape index (κ3) is 2.44. The van der Waals surface area contributed by atoms with Gasteiger partial charge in [0.05, 0.1) is 5.75 Å². The molecule has 1 rings (SSSR count). The molecule has 1 heterocycles. The van der Waals surface area contributed by atoms with Gasteiger partial charge >= 0.3 is 0 Å². The van der Waals surface area contributed by atoms with Crippen LogP contribution < -0.4 is 0 Å². The van der Waals surface area contributed by atoms with Gasteiger partial charge in [0, 0.05) is 12.6 Å².